The highest BCUT2D eigenvalue weighted by Gasteiger charge is 2.55. The monoisotopic (exact) mass is 617 g/mol. The van der Waals surface area contributed by atoms with Crippen LogP contribution in [-0.2, 0) is 24.0 Å². The number of β-lactam (4-membered cyclic amide) rings is 1. The summed E-state index contributed by atoms with van der Waals surface area (Å²) in [6.45, 7) is 0. The number of oxime groups is 1. The maximum absolute atomic E-state index is 13.5. The second-order valence-corrected chi connectivity index (χ2v) is 11.7. The van der Waals surface area contributed by atoms with Crippen LogP contribution in [0.3, 0.4) is 0 Å². The molecule has 2 aliphatic rings. The number of benzene rings is 2. The molecule has 0 spiro atoms. The van der Waals surface area contributed by atoms with Crippen LogP contribution in [-0.4, -0.2) is 57.7 Å². The van der Waals surface area contributed by atoms with Gasteiger partial charge in [0, 0.05) is 5.75 Å². The van der Waals surface area contributed by atoms with Crippen molar-refractivity contribution in [1.29, 1.82) is 0 Å². The van der Waals surface area contributed by atoms with E-state index in [-0.39, 0.29) is 37.4 Å². The summed E-state index contributed by atoms with van der Waals surface area (Å²) in [5, 5.41) is 6.07. The number of ether oxygens (including phenoxy) is 1. The zero-order valence-corrected chi connectivity index (χ0v) is 23.9. The number of carbonyl (C=O) groups is 3. The van der Waals surface area contributed by atoms with Gasteiger partial charge < -0.3 is 20.6 Å². The van der Waals surface area contributed by atoms with Crippen LogP contribution in [0.4, 0.5) is 5.13 Å². The Balaban J connectivity index is 1.35. The summed E-state index contributed by atoms with van der Waals surface area (Å²) in [6.07, 6.45) is -0.727. The number of halogens is 2. The number of nitrogen functional groups attached to an aromatic ring is 1. The first-order valence-corrected chi connectivity index (χ1v) is 14.4. The van der Waals surface area contributed by atoms with E-state index in [1.807, 2.05) is 60.7 Å². The first-order chi connectivity index (χ1) is 19.3. The molecular formula is C26H21Cl2N5O5S2. The average Bonchev–Trinajstić information content (AvgIpc) is 3.30. The predicted molar refractivity (Wildman–Crippen MR) is 154 cm³/mol. The third-order valence-corrected chi connectivity index (χ3v) is 8.89. The Morgan fingerprint density at radius 2 is 1.75 bits per heavy atom. The van der Waals surface area contributed by atoms with E-state index < -0.39 is 35.3 Å². The Bertz CT molecular complexity index is 1480. The molecule has 14 heteroatoms. The van der Waals surface area contributed by atoms with Crippen molar-refractivity contribution in [1.82, 2.24) is 15.2 Å². The van der Waals surface area contributed by atoms with Crippen molar-refractivity contribution in [2.45, 2.75) is 17.5 Å². The summed E-state index contributed by atoms with van der Waals surface area (Å²) in [6, 6.07) is 17.5. The second kappa shape index (κ2) is 11.9. The third-order valence-electron chi connectivity index (χ3n) is 6.06. The van der Waals surface area contributed by atoms with Crippen LogP contribution in [0.5, 0.6) is 0 Å². The number of nitrogens with zero attached hydrogens (tertiary/aromatic N) is 3. The number of anilines is 1. The van der Waals surface area contributed by atoms with Gasteiger partial charge in [-0.05, 0) is 11.1 Å². The molecule has 5 rings (SSSR count). The smallest absolute Gasteiger partial charge is 0.357 e. The topological polar surface area (TPSA) is 136 Å². The minimum Gasteiger partial charge on any atom is -0.448 e. The Labute approximate surface area is 247 Å². The minimum absolute atomic E-state index is 0.0310. The molecule has 40 heavy (non-hydrogen) atoms. The fraction of sp³-hybridized carbons (Fsp3) is 0.192. The maximum Gasteiger partial charge on any atom is 0.357 e. The standard InChI is InChI=1S/C26H21Cl2N5O5S2/c1-37-32-17(16-21(28)40-26(29)31-16)22(34)30-18-23(35)33-19(15(27)12-39-24(18)33)25(36)38-20(13-8-4-2-5-9-13)14-10-6-3-7-11-14/h2-11,18,20,24H,12H2,1H3,(H2,29,31)(H,30,34)/t18-,24-/m1/s1. The number of carbonyl (C=O) groups excluding carboxylic acids is 3. The van der Waals surface area contributed by atoms with Crippen LogP contribution >= 0.6 is 46.3 Å². The first-order valence-electron chi connectivity index (χ1n) is 11.8. The fourth-order valence-corrected chi connectivity index (χ4v) is 6.75. The molecule has 1 saturated heterocycles. The molecule has 0 bridgehead atoms. The zero-order chi connectivity index (χ0) is 28.4. The van der Waals surface area contributed by atoms with E-state index in [1.54, 1.807) is 0 Å². The molecule has 1 fully saturated rings. The van der Waals surface area contributed by atoms with Crippen LogP contribution in [0.15, 0.2) is 76.5 Å². The summed E-state index contributed by atoms with van der Waals surface area (Å²) >= 11 is 14.9. The van der Waals surface area contributed by atoms with Gasteiger partial charge >= 0.3 is 5.97 Å². The Hall–Kier alpha value is -3.58. The van der Waals surface area contributed by atoms with Gasteiger partial charge in [0.25, 0.3) is 11.8 Å². The van der Waals surface area contributed by atoms with E-state index in [0.717, 1.165) is 22.5 Å². The highest BCUT2D eigenvalue weighted by atomic mass is 35.5. The molecule has 3 N–H and O–H groups in total. The quantitative estimate of drug-likeness (QED) is 0.168. The number of esters is 1. The molecule has 2 aliphatic heterocycles. The molecule has 2 aromatic carbocycles. The van der Waals surface area contributed by atoms with Crippen LogP contribution in [0.25, 0.3) is 0 Å². The molecular weight excluding hydrogens is 597 g/mol. The van der Waals surface area contributed by atoms with Gasteiger partial charge in [-0.2, -0.15) is 0 Å². The van der Waals surface area contributed by atoms with Gasteiger partial charge in [-0.15, -0.1) is 11.8 Å². The highest BCUT2D eigenvalue weighted by Crippen LogP contribution is 2.42. The van der Waals surface area contributed by atoms with Crippen molar-refractivity contribution in [3.8, 4) is 0 Å². The van der Waals surface area contributed by atoms with Gasteiger partial charge in [-0.1, -0.05) is 100 Å². The number of hydrogen-bond acceptors (Lipinski definition) is 10. The van der Waals surface area contributed by atoms with Crippen LogP contribution in [0.2, 0.25) is 4.34 Å². The van der Waals surface area contributed by atoms with E-state index in [0.29, 0.717) is 0 Å². The maximum atomic E-state index is 13.5. The number of thioether (sulfide) groups is 1. The van der Waals surface area contributed by atoms with E-state index in [9.17, 15) is 14.4 Å². The summed E-state index contributed by atoms with van der Waals surface area (Å²) in [7, 11) is 1.26. The summed E-state index contributed by atoms with van der Waals surface area (Å²) in [5.74, 6) is -1.79. The average molecular weight is 619 g/mol. The van der Waals surface area contributed by atoms with Crippen molar-refractivity contribution in [2.24, 2.45) is 5.16 Å². The Morgan fingerprint density at radius 1 is 1.12 bits per heavy atom. The van der Waals surface area contributed by atoms with E-state index in [2.05, 4.69) is 15.5 Å². The largest absolute Gasteiger partial charge is 0.448 e. The molecule has 206 valence electrons. The normalized spacial score (nSPS) is 18.8. The second-order valence-electron chi connectivity index (χ2n) is 8.52. The number of rotatable bonds is 8. The third kappa shape index (κ3) is 5.39. The van der Waals surface area contributed by atoms with Gasteiger partial charge in [-0.3, -0.25) is 14.5 Å². The molecule has 0 unspecified atom stereocenters. The van der Waals surface area contributed by atoms with Crippen molar-refractivity contribution in [3.05, 3.63) is 92.6 Å². The molecule has 2 atom stereocenters. The number of amides is 2. The molecule has 1 aromatic heterocycles. The Morgan fingerprint density at radius 3 is 2.30 bits per heavy atom. The molecule has 0 aliphatic carbocycles. The van der Waals surface area contributed by atoms with E-state index in [1.165, 1.54) is 23.8 Å². The lowest BCUT2D eigenvalue weighted by atomic mass is 10.0. The fourth-order valence-electron chi connectivity index (χ4n) is 4.28. The van der Waals surface area contributed by atoms with Gasteiger partial charge in [-0.25, -0.2) is 9.78 Å². The first kappa shape index (κ1) is 28.0. The number of nitrogens with one attached hydrogen (secondary N) is 1. The van der Waals surface area contributed by atoms with Crippen LogP contribution in [0, 0.1) is 0 Å². The lowest BCUT2D eigenvalue weighted by Gasteiger charge is -2.49. The Kier molecular flexibility index (Phi) is 8.31. The number of thiazole rings is 1. The SMILES string of the molecule is CON=C(C(=O)N[C@@H]1C(=O)N2C(C(=O)OC(c3ccccc3)c3ccccc3)=C(Cl)CS[C@H]12)c1nc(N)sc1Cl. The van der Waals surface area contributed by atoms with Crippen LogP contribution in [0.1, 0.15) is 22.9 Å². The lowest BCUT2D eigenvalue weighted by Crippen LogP contribution is -2.71. The molecule has 0 saturated carbocycles. The highest BCUT2D eigenvalue weighted by molar-refractivity contribution is 8.00. The van der Waals surface area contributed by atoms with Gasteiger partial charge in [0.05, 0.1) is 5.03 Å². The molecule has 10 nitrogen and oxygen atoms in total. The van der Waals surface area contributed by atoms with E-state index in [4.69, 9.17) is 38.5 Å². The van der Waals surface area contributed by atoms with E-state index >= 15 is 0 Å². The van der Waals surface area contributed by atoms with Crippen molar-refractivity contribution in [3.63, 3.8) is 0 Å². The number of hydrogen-bond donors (Lipinski definition) is 2. The van der Waals surface area contributed by atoms with Crippen molar-refractivity contribution in [2.75, 3.05) is 18.6 Å². The number of aromatic nitrogens is 1. The predicted octanol–water partition coefficient (Wildman–Crippen LogP) is 3.91. The zero-order valence-electron chi connectivity index (χ0n) is 20.7. The number of nitrogens with two attached hydrogens (primary N) is 1. The van der Waals surface area contributed by atoms with Crippen LogP contribution < -0.4 is 11.1 Å². The van der Waals surface area contributed by atoms with Crippen molar-refractivity contribution >= 4 is 74.9 Å². The summed E-state index contributed by atoms with van der Waals surface area (Å²) in [4.78, 5) is 50.0. The molecule has 3 heterocycles. The molecule has 2 amide bonds. The van der Waals surface area contributed by atoms with Gasteiger partial charge in [0.15, 0.2) is 16.9 Å². The molecule has 3 aromatic rings. The summed E-state index contributed by atoms with van der Waals surface area (Å²) in [5.41, 5.74) is 6.94. The summed E-state index contributed by atoms with van der Waals surface area (Å²) < 4.78 is 6.09. The lowest BCUT2D eigenvalue weighted by molar-refractivity contribution is -0.154. The minimum atomic E-state index is -0.971. The van der Waals surface area contributed by atoms with Gasteiger partial charge in [0.2, 0.25) is 0 Å². The van der Waals surface area contributed by atoms with Crippen molar-refractivity contribution < 1.29 is 24.0 Å². The van der Waals surface area contributed by atoms with Gasteiger partial charge in [0.1, 0.15) is 34.3 Å². The molecule has 0 radical (unpaired) electrons. The number of fused-ring (bicyclic) bond motifs is 1.